The normalized spacial score (nSPS) is 23.5. The fraction of sp³-hybridized carbons (Fsp3) is 0.400. The Hall–Kier alpha value is -0.710. The molecule has 19 heavy (non-hydrogen) atoms. The summed E-state index contributed by atoms with van der Waals surface area (Å²) < 4.78 is 1.11. The van der Waals surface area contributed by atoms with Crippen molar-refractivity contribution in [2.24, 2.45) is 0 Å². The van der Waals surface area contributed by atoms with E-state index in [2.05, 4.69) is 52.6 Å². The van der Waals surface area contributed by atoms with Crippen molar-refractivity contribution in [1.82, 2.24) is 4.98 Å². The van der Waals surface area contributed by atoms with Crippen molar-refractivity contribution in [2.75, 3.05) is 20.1 Å². The van der Waals surface area contributed by atoms with E-state index in [9.17, 15) is 0 Å². The van der Waals surface area contributed by atoms with Crippen molar-refractivity contribution < 1.29 is 4.90 Å². The number of hydrogen-bond acceptors (Lipinski definition) is 2. The van der Waals surface area contributed by atoms with Crippen LogP contribution in [0.15, 0.2) is 34.1 Å². The third-order valence-corrected chi connectivity index (χ3v) is 5.33. The van der Waals surface area contributed by atoms with Crippen LogP contribution in [0, 0.1) is 0 Å². The van der Waals surface area contributed by atoms with E-state index in [0.29, 0.717) is 5.92 Å². The van der Waals surface area contributed by atoms with Crippen LogP contribution in [0.25, 0.3) is 11.3 Å². The zero-order valence-corrected chi connectivity index (χ0v) is 13.4. The molecular formula is C15H18BrN2S+. The average Bonchev–Trinajstić information content (AvgIpc) is 2.89. The number of rotatable bonds is 2. The van der Waals surface area contributed by atoms with Crippen LogP contribution in [0.1, 0.15) is 23.8 Å². The fourth-order valence-electron chi connectivity index (χ4n) is 2.61. The van der Waals surface area contributed by atoms with E-state index in [1.165, 1.54) is 36.5 Å². The summed E-state index contributed by atoms with van der Waals surface area (Å²) in [5.74, 6) is 0.676. The summed E-state index contributed by atoms with van der Waals surface area (Å²) >= 11 is 5.34. The molecule has 0 atom stereocenters. The number of piperidine rings is 1. The maximum atomic E-state index is 4.86. The lowest BCUT2D eigenvalue weighted by Crippen LogP contribution is -3.10. The molecule has 4 heteroatoms. The highest BCUT2D eigenvalue weighted by molar-refractivity contribution is 9.10. The van der Waals surface area contributed by atoms with Crippen LogP contribution >= 0.6 is 27.3 Å². The van der Waals surface area contributed by atoms with Crippen molar-refractivity contribution in [3.63, 3.8) is 0 Å². The van der Waals surface area contributed by atoms with Crippen molar-refractivity contribution in [3.8, 4) is 11.3 Å². The Morgan fingerprint density at radius 1 is 1.32 bits per heavy atom. The first-order valence-electron chi connectivity index (χ1n) is 6.75. The topological polar surface area (TPSA) is 17.3 Å². The molecule has 0 saturated carbocycles. The lowest BCUT2D eigenvalue weighted by molar-refractivity contribution is -0.885. The summed E-state index contributed by atoms with van der Waals surface area (Å²) in [5, 5.41) is 3.52. The summed E-state index contributed by atoms with van der Waals surface area (Å²) in [5.41, 5.74) is 2.32. The van der Waals surface area contributed by atoms with Gasteiger partial charge in [0.25, 0.3) is 0 Å². The lowest BCUT2D eigenvalue weighted by atomic mass is 9.98. The number of nitrogens with zero attached hydrogens (tertiary/aromatic N) is 1. The Balaban J connectivity index is 1.80. The van der Waals surface area contributed by atoms with E-state index in [1.54, 1.807) is 4.90 Å². The summed E-state index contributed by atoms with van der Waals surface area (Å²) in [6.07, 6.45) is 2.55. The quantitative estimate of drug-likeness (QED) is 0.891. The highest BCUT2D eigenvalue weighted by Gasteiger charge is 2.23. The Bertz CT molecular complexity index is 559. The van der Waals surface area contributed by atoms with Gasteiger partial charge in [-0.2, -0.15) is 0 Å². The summed E-state index contributed by atoms with van der Waals surface area (Å²) in [6, 6.07) is 8.38. The second-order valence-corrected chi connectivity index (χ2v) is 7.12. The van der Waals surface area contributed by atoms with Crippen LogP contribution in [-0.2, 0) is 0 Å². The second-order valence-electron chi connectivity index (χ2n) is 5.31. The molecule has 1 aliphatic rings. The van der Waals surface area contributed by atoms with Gasteiger partial charge >= 0.3 is 0 Å². The van der Waals surface area contributed by atoms with Crippen LogP contribution in [0.3, 0.4) is 0 Å². The molecule has 0 unspecified atom stereocenters. The van der Waals surface area contributed by atoms with Gasteiger partial charge in [0.05, 0.1) is 30.8 Å². The molecule has 1 aromatic carbocycles. The molecule has 1 saturated heterocycles. The van der Waals surface area contributed by atoms with Gasteiger partial charge in [-0.1, -0.05) is 28.1 Å². The van der Waals surface area contributed by atoms with Gasteiger partial charge in [0.15, 0.2) is 0 Å². The molecule has 2 heterocycles. The van der Waals surface area contributed by atoms with Crippen LogP contribution in [0.2, 0.25) is 0 Å². The molecule has 0 bridgehead atoms. The van der Waals surface area contributed by atoms with Gasteiger partial charge in [-0.05, 0) is 12.1 Å². The van der Waals surface area contributed by atoms with Gasteiger partial charge in [-0.25, -0.2) is 4.98 Å². The Morgan fingerprint density at radius 3 is 2.84 bits per heavy atom. The van der Waals surface area contributed by atoms with Crippen molar-refractivity contribution >= 4 is 27.3 Å². The molecule has 1 aliphatic heterocycles. The third-order valence-electron chi connectivity index (χ3n) is 3.83. The van der Waals surface area contributed by atoms with E-state index in [1.807, 2.05) is 11.3 Å². The van der Waals surface area contributed by atoms with Gasteiger partial charge in [-0.3, -0.25) is 0 Å². The molecule has 0 amide bonds. The van der Waals surface area contributed by atoms with Crippen LogP contribution < -0.4 is 4.90 Å². The smallest absolute Gasteiger partial charge is 0.0968 e. The number of halogens is 1. The molecule has 1 aromatic heterocycles. The van der Waals surface area contributed by atoms with Gasteiger partial charge in [0.2, 0.25) is 0 Å². The predicted octanol–water partition coefficient (Wildman–Crippen LogP) is 2.96. The number of aromatic nitrogens is 1. The van der Waals surface area contributed by atoms with E-state index >= 15 is 0 Å². The van der Waals surface area contributed by atoms with Crippen molar-refractivity contribution in [2.45, 2.75) is 18.8 Å². The molecule has 1 fully saturated rings. The van der Waals surface area contributed by atoms with E-state index in [4.69, 9.17) is 4.98 Å². The number of nitrogens with one attached hydrogen (secondary N) is 1. The first-order chi connectivity index (χ1) is 9.22. The van der Waals surface area contributed by atoms with Crippen molar-refractivity contribution in [3.05, 3.63) is 39.1 Å². The minimum atomic E-state index is 0.676. The van der Waals surface area contributed by atoms with Crippen LogP contribution in [0.4, 0.5) is 0 Å². The van der Waals surface area contributed by atoms with Gasteiger partial charge < -0.3 is 4.90 Å². The zero-order chi connectivity index (χ0) is 13.2. The number of benzene rings is 1. The average molecular weight is 338 g/mol. The number of hydrogen-bond donors (Lipinski definition) is 1. The van der Waals surface area contributed by atoms with E-state index in [0.717, 1.165) is 10.2 Å². The summed E-state index contributed by atoms with van der Waals surface area (Å²) in [7, 11) is 2.28. The lowest BCUT2D eigenvalue weighted by Gasteiger charge is -2.24. The largest absolute Gasteiger partial charge is 0.337 e. The minimum absolute atomic E-state index is 0.676. The molecular weight excluding hydrogens is 320 g/mol. The zero-order valence-electron chi connectivity index (χ0n) is 11.0. The van der Waals surface area contributed by atoms with Crippen molar-refractivity contribution in [1.29, 1.82) is 0 Å². The molecule has 2 aromatic rings. The van der Waals surface area contributed by atoms with Gasteiger partial charge in [0.1, 0.15) is 0 Å². The highest BCUT2D eigenvalue weighted by Crippen LogP contribution is 2.31. The Kier molecular flexibility index (Phi) is 4.01. The maximum Gasteiger partial charge on any atom is 0.0968 e. The SMILES string of the molecule is C[NH+]1CCC(c2nc(-c3cccc(Br)c3)cs2)CC1. The molecule has 0 spiro atoms. The molecule has 0 aliphatic carbocycles. The molecule has 3 rings (SSSR count). The maximum absolute atomic E-state index is 4.86. The van der Waals surface area contributed by atoms with Crippen LogP contribution in [-0.4, -0.2) is 25.1 Å². The van der Waals surface area contributed by atoms with Gasteiger partial charge in [-0.15, -0.1) is 11.3 Å². The Labute approximate surface area is 126 Å². The minimum Gasteiger partial charge on any atom is -0.337 e. The van der Waals surface area contributed by atoms with E-state index in [-0.39, 0.29) is 0 Å². The Morgan fingerprint density at radius 2 is 2.11 bits per heavy atom. The third kappa shape index (κ3) is 3.07. The van der Waals surface area contributed by atoms with Crippen LogP contribution in [0.5, 0.6) is 0 Å². The monoisotopic (exact) mass is 337 g/mol. The number of thiazole rings is 1. The van der Waals surface area contributed by atoms with Gasteiger partial charge in [0, 0.05) is 34.2 Å². The first-order valence-corrected chi connectivity index (χ1v) is 8.42. The summed E-state index contributed by atoms with van der Waals surface area (Å²) in [6.45, 7) is 2.55. The molecule has 1 N–H and O–H groups in total. The fourth-order valence-corrected chi connectivity index (χ4v) is 4.01. The standard InChI is InChI=1S/C15H17BrN2S/c1-18-7-5-11(6-8-18)15-17-14(10-19-15)12-3-2-4-13(16)9-12/h2-4,9-11H,5-8H2,1H3/p+1. The van der Waals surface area contributed by atoms with E-state index < -0.39 is 0 Å². The molecule has 100 valence electrons. The molecule has 0 radical (unpaired) electrons. The highest BCUT2D eigenvalue weighted by atomic mass is 79.9. The predicted molar refractivity (Wildman–Crippen MR) is 83.8 cm³/mol. The number of quaternary nitrogens is 1. The number of likely N-dealkylation sites (tertiary alicyclic amines) is 1. The summed E-state index contributed by atoms with van der Waals surface area (Å²) in [4.78, 5) is 6.51. The second kappa shape index (κ2) is 5.73. The first kappa shape index (κ1) is 13.3. The molecule has 2 nitrogen and oxygen atoms in total.